The first-order valence-corrected chi connectivity index (χ1v) is 9.44. The van der Waals surface area contributed by atoms with Crippen molar-refractivity contribution in [3.63, 3.8) is 0 Å². The number of piperidine rings is 1. The Morgan fingerprint density at radius 2 is 1.73 bits per heavy atom. The van der Waals surface area contributed by atoms with Gasteiger partial charge in [0.25, 0.3) is 0 Å². The van der Waals surface area contributed by atoms with Crippen molar-refractivity contribution in [1.29, 1.82) is 0 Å². The zero-order chi connectivity index (χ0) is 18.2. The zero-order valence-corrected chi connectivity index (χ0v) is 15.5. The fourth-order valence-corrected chi connectivity index (χ4v) is 3.17. The predicted molar refractivity (Wildman–Crippen MR) is 104 cm³/mol. The van der Waals surface area contributed by atoms with Crippen LogP contribution in [-0.2, 0) is 17.8 Å². The summed E-state index contributed by atoms with van der Waals surface area (Å²) >= 11 is 0. The molecule has 138 valence electrons. The lowest BCUT2D eigenvalue weighted by Crippen LogP contribution is -2.35. The van der Waals surface area contributed by atoms with Gasteiger partial charge in [-0.2, -0.15) is 0 Å². The molecule has 4 nitrogen and oxygen atoms in total. The van der Waals surface area contributed by atoms with Crippen LogP contribution in [0.1, 0.15) is 30.4 Å². The summed E-state index contributed by atoms with van der Waals surface area (Å²) < 4.78 is 6.06. The smallest absolute Gasteiger partial charge is 0.220 e. The molecule has 2 aromatic carbocycles. The molecule has 0 aromatic heterocycles. The van der Waals surface area contributed by atoms with E-state index in [1.165, 1.54) is 5.56 Å². The zero-order valence-electron chi connectivity index (χ0n) is 15.5. The molecule has 0 atom stereocenters. The second-order valence-electron chi connectivity index (χ2n) is 7.03. The minimum Gasteiger partial charge on any atom is -0.490 e. The summed E-state index contributed by atoms with van der Waals surface area (Å²) in [7, 11) is 2.15. The molecule has 1 aliphatic rings. The van der Waals surface area contributed by atoms with Crippen molar-refractivity contribution in [2.75, 3.05) is 20.1 Å². The van der Waals surface area contributed by atoms with Crippen LogP contribution < -0.4 is 10.1 Å². The third-order valence-corrected chi connectivity index (χ3v) is 4.86. The lowest BCUT2D eigenvalue weighted by atomic mass is 10.1. The highest BCUT2D eigenvalue weighted by Crippen LogP contribution is 2.19. The minimum absolute atomic E-state index is 0.0838. The predicted octanol–water partition coefficient (Wildman–Crippen LogP) is 3.41. The van der Waals surface area contributed by atoms with Gasteiger partial charge in [-0.05, 0) is 49.6 Å². The normalized spacial score (nSPS) is 15.6. The summed E-state index contributed by atoms with van der Waals surface area (Å²) in [6.07, 6.45) is 3.76. The number of carbonyl (C=O) groups is 1. The van der Waals surface area contributed by atoms with Crippen LogP contribution in [0.4, 0.5) is 0 Å². The number of nitrogens with one attached hydrogen (secondary N) is 1. The van der Waals surface area contributed by atoms with E-state index in [0.29, 0.717) is 19.1 Å². The first-order valence-electron chi connectivity index (χ1n) is 9.44. The van der Waals surface area contributed by atoms with Gasteiger partial charge in [-0.25, -0.2) is 0 Å². The van der Waals surface area contributed by atoms with Gasteiger partial charge < -0.3 is 15.0 Å². The van der Waals surface area contributed by atoms with E-state index in [0.717, 1.165) is 43.7 Å². The number of hydrogen-bond donors (Lipinski definition) is 1. The number of benzene rings is 2. The first kappa shape index (κ1) is 18.5. The molecule has 1 aliphatic heterocycles. The minimum atomic E-state index is 0.0838. The molecule has 0 saturated carbocycles. The molecule has 26 heavy (non-hydrogen) atoms. The Balaban J connectivity index is 1.39. The number of nitrogens with zero attached hydrogens (tertiary/aromatic N) is 1. The fraction of sp³-hybridized carbons (Fsp3) is 0.409. The van der Waals surface area contributed by atoms with E-state index in [1.54, 1.807) is 0 Å². The van der Waals surface area contributed by atoms with Gasteiger partial charge in [-0.3, -0.25) is 4.79 Å². The molecule has 0 radical (unpaired) electrons. The molecular weight excluding hydrogens is 324 g/mol. The molecule has 0 spiro atoms. The molecule has 0 aliphatic carbocycles. The maximum Gasteiger partial charge on any atom is 0.220 e. The molecule has 1 heterocycles. The van der Waals surface area contributed by atoms with Crippen LogP contribution in [0, 0.1) is 0 Å². The average Bonchev–Trinajstić information content (AvgIpc) is 2.68. The molecule has 3 rings (SSSR count). The van der Waals surface area contributed by atoms with E-state index in [-0.39, 0.29) is 5.91 Å². The van der Waals surface area contributed by atoms with E-state index in [9.17, 15) is 4.79 Å². The number of aryl methyl sites for hydroxylation is 1. The first-order chi connectivity index (χ1) is 12.7. The Morgan fingerprint density at radius 1 is 1.04 bits per heavy atom. The van der Waals surface area contributed by atoms with Crippen molar-refractivity contribution in [3.05, 3.63) is 65.7 Å². The van der Waals surface area contributed by atoms with Gasteiger partial charge in [0.15, 0.2) is 0 Å². The topological polar surface area (TPSA) is 41.6 Å². The van der Waals surface area contributed by atoms with Crippen LogP contribution in [0.3, 0.4) is 0 Å². The maximum absolute atomic E-state index is 12.0. The number of likely N-dealkylation sites (tertiary alicyclic amines) is 1. The van der Waals surface area contributed by atoms with Crippen molar-refractivity contribution in [2.24, 2.45) is 0 Å². The highest BCUT2D eigenvalue weighted by molar-refractivity contribution is 5.76. The SMILES string of the molecule is CN1CCC(Oc2ccc(CNC(=O)CCc3ccccc3)cc2)CC1. The van der Waals surface area contributed by atoms with Gasteiger partial charge in [0.2, 0.25) is 5.91 Å². The van der Waals surface area contributed by atoms with E-state index in [4.69, 9.17) is 4.74 Å². The highest BCUT2D eigenvalue weighted by Gasteiger charge is 2.17. The van der Waals surface area contributed by atoms with Gasteiger partial charge in [0.1, 0.15) is 11.9 Å². The van der Waals surface area contributed by atoms with Crippen molar-refractivity contribution < 1.29 is 9.53 Å². The quantitative estimate of drug-likeness (QED) is 0.830. The number of rotatable bonds is 7. The number of amides is 1. The number of ether oxygens (including phenoxy) is 1. The monoisotopic (exact) mass is 352 g/mol. The number of carbonyl (C=O) groups excluding carboxylic acids is 1. The average molecular weight is 352 g/mol. The van der Waals surface area contributed by atoms with Crippen molar-refractivity contribution in [1.82, 2.24) is 10.2 Å². The van der Waals surface area contributed by atoms with Crippen LogP contribution >= 0.6 is 0 Å². The summed E-state index contributed by atoms with van der Waals surface area (Å²) in [6.45, 7) is 2.75. The third kappa shape index (κ3) is 5.88. The van der Waals surface area contributed by atoms with E-state index in [2.05, 4.69) is 29.4 Å². The van der Waals surface area contributed by atoms with Crippen molar-refractivity contribution in [3.8, 4) is 5.75 Å². The van der Waals surface area contributed by atoms with Gasteiger partial charge in [-0.15, -0.1) is 0 Å². The summed E-state index contributed by atoms with van der Waals surface area (Å²) in [5.74, 6) is 0.999. The highest BCUT2D eigenvalue weighted by atomic mass is 16.5. The Kier molecular flexibility index (Phi) is 6.67. The van der Waals surface area contributed by atoms with Crippen LogP contribution in [-0.4, -0.2) is 37.0 Å². The van der Waals surface area contributed by atoms with Gasteiger partial charge in [0, 0.05) is 26.1 Å². The molecule has 1 saturated heterocycles. The summed E-state index contributed by atoms with van der Waals surface area (Å²) in [4.78, 5) is 14.3. The van der Waals surface area contributed by atoms with E-state index < -0.39 is 0 Å². The molecule has 0 bridgehead atoms. The van der Waals surface area contributed by atoms with Crippen LogP contribution in [0.25, 0.3) is 0 Å². The second kappa shape index (κ2) is 9.39. The molecular formula is C22H28N2O2. The standard InChI is InChI=1S/C22H28N2O2/c1-24-15-13-21(14-16-24)26-20-10-7-19(8-11-20)17-23-22(25)12-9-18-5-3-2-4-6-18/h2-8,10-11,21H,9,12-17H2,1H3,(H,23,25). The Hall–Kier alpha value is -2.33. The molecule has 1 N–H and O–H groups in total. The van der Waals surface area contributed by atoms with Crippen LogP contribution in [0.15, 0.2) is 54.6 Å². The van der Waals surface area contributed by atoms with E-state index >= 15 is 0 Å². The fourth-order valence-electron chi connectivity index (χ4n) is 3.17. The van der Waals surface area contributed by atoms with Gasteiger partial charge in [-0.1, -0.05) is 42.5 Å². The van der Waals surface area contributed by atoms with Crippen molar-refractivity contribution >= 4 is 5.91 Å². The molecule has 1 fully saturated rings. The Bertz CT molecular complexity index is 677. The molecule has 1 amide bonds. The number of hydrogen-bond acceptors (Lipinski definition) is 3. The summed E-state index contributed by atoms with van der Waals surface area (Å²) in [5.41, 5.74) is 2.28. The maximum atomic E-state index is 12.0. The Morgan fingerprint density at radius 3 is 2.42 bits per heavy atom. The van der Waals surface area contributed by atoms with Gasteiger partial charge >= 0.3 is 0 Å². The molecule has 4 heteroatoms. The summed E-state index contributed by atoms with van der Waals surface area (Å²) in [5, 5.41) is 2.99. The summed E-state index contributed by atoms with van der Waals surface area (Å²) in [6, 6.07) is 18.2. The van der Waals surface area contributed by atoms with Crippen LogP contribution in [0.5, 0.6) is 5.75 Å². The van der Waals surface area contributed by atoms with Crippen LogP contribution in [0.2, 0.25) is 0 Å². The third-order valence-electron chi connectivity index (χ3n) is 4.86. The van der Waals surface area contributed by atoms with Crippen molar-refractivity contribution in [2.45, 2.75) is 38.3 Å². The molecule has 2 aromatic rings. The Labute approximate surface area is 156 Å². The van der Waals surface area contributed by atoms with E-state index in [1.807, 2.05) is 42.5 Å². The second-order valence-corrected chi connectivity index (χ2v) is 7.03. The molecule has 0 unspecified atom stereocenters. The lowest BCUT2D eigenvalue weighted by Gasteiger charge is -2.29. The lowest BCUT2D eigenvalue weighted by molar-refractivity contribution is -0.121. The largest absolute Gasteiger partial charge is 0.490 e. The van der Waals surface area contributed by atoms with Gasteiger partial charge in [0.05, 0.1) is 0 Å².